The van der Waals surface area contributed by atoms with Gasteiger partial charge in [0.25, 0.3) is 0 Å². The highest BCUT2D eigenvalue weighted by molar-refractivity contribution is 5.94. The van der Waals surface area contributed by atoms with Gasteiger partial charge in [0.2, 0.25) is 0 Å². The van der Waals surface area contributed by atoms with Gasteiger partial charge in [-0.25, -0.2) is 0 Å². The normalized spacial score (nSPS) is 34.2. The van der Waals surface area contributed by atoms with Gasteiger partial charge in [-0.15, -0.1) is 0 Å². The largest absolute Gasteiger partial charge is 0.299 e. The smallest absolute Gasteiger partial charge is 0.144 e. The quantitative estimate of drug-likeness (QED) is 0.698. The first-order valence-corrected chi connectivity index (χ1v) is 7.96. The van der Waals surface area contributed by atoms with Crippen LogP contribution in [0.1, 0.15) is 55.7 Å². The molecule has 0 aromatic heterocycles. The van der Waals surface area contributed by atoms with Crippen molar-refractivity contribution in [1.82, 2.24) is 0 Å². The summed E-state index contributed by atoms with van der Waals surface area (Å²) >= 11 is 0. The molecule has 0 amide bonds. The minimum absolute atomic E-state index is 0.169. The summed E-state index contributed by atoms with van der Waals surface area (Å²) in [6, 6.07) is 6.90. The van der Waals surface area contributed by atoms with Crippen LogP contribution in [-0.2, 0) is 16.6 Å². The molecule has 4 rings (SSSR count). The summed E-state index contributed by atoms with van der Waals surface area (Å²) in [5, 5.41) is 0. The molecule has 1 fully saturated rings. The standard InChI is InChI=1S/C19H22O/c1-12(2)15-5-4-14-6-8-18(20)19(17(14)10-15)11-13-3-7-16(19)9-13/h3-5,7,10,12-13,16H,6,8-9,11H2,1-2H3. The number of hydrogen-bond donors (Lipinski definition) is 0. The second kappa shape index (κ2) is 4.07. The highest BCUT2D eigenvalue weighted by atomic mass is 16.1. The summed E-state index contributed by atoms with van der Waals surface area (Å²) in [6.45, 7) is 4.47. The Balaban J connectivity index is 1.91. The average molecular weight is 266 g/mol. The molecule has 1 aromatic carbocycles. The van der Waals surface area contributed by atoms with E-state index in [9.17, 15) is 4.79 Å². The Morgan fingerprint density at radius 1 is 1.20 bits per heavy atom. The molecule has 3 aliphatic rings. The molecule has 0 radical (unpaired) electrons. The first kappa shape index (κ1) is 12.4. The number of fused-ring (bicyclic) bond motifs is 5. The molecule has 1 heteroatoms. The van der Waals surface area contributed by atoms with Crippen LogP contribution in [0.25, 0.3) is 0 Å². The van der Waals surface area contributed by atoms with E-state index < -0.39 is 0 Å². The van der Waals surface area contributed by atoms with Crippen LogP contribution in [-0.4, -0.2) is 5.78 Å². The number of carbonyl (C=O) groups is 1. The molecule has 104 valence electrons. The van der Waals surface area contributed by atoms with Crippen molar-refractivity contribution in [2.45, 2.75) is 50.9 Å². The number of benzene rings is 1. The van der Waals surface area contributed by atoms with Crippen molar-refractivity contribution in [3.8, 4) is 0 Å². The molecule has 3 unspecified atom stereocenters. The van der Waals surface area contributed by atoms with E-state index >= 15 is 0 Å². The van der Waals surface area contributed by atoms with Gasteiger partial charge in [-0.2, -0.15) is 0 Å². The third-order valence-corrected chi connectivity index (χ3v) is 5.79. The van der Waals surface area contributed by atoms with E-state index in [2.05, 4.69) is 44.2 Å². The van der Waals surface area contributed by atoms with Crippen LogP contribution in [0.15, 0.2) is 30.4 Å². The van der Waals surface area contributed by atoms with E-state index in [4.69, 9.17) is 0 Å². The molecular formula is C19H22O. The lowest BCUT2D eigenvalue weighted by molar-refractivity contribution is -0.126. The molecule has 20 heavy (non-hydrogen) atoms. The number of rotatable bonds is 1. The third-order valence-electron chi connectivity index (χ3n) is 5.79. The average Bonchev–Trinajstić information content (AvgIpc) is 3.04. The zero-order valence-electron chi connectivity index (χ0n) is 12.4. The summed E-state index contributed by atoms with van der Waals surface area (Å²) in [6.07, 6.45) is 8.59. The van der Waals surface area contributed by atoms with Gasteiger partial charge in [0, 0.05) is 6.42 Å². The van der Waals surface area contributed by atoms with Crippen molar-refractivity contribution >= 4 is 5.78 Å². The zero-order valence-corrected chi connectivity index (χ0v) is 12.4. The van der Waals surface area contributed by atoms with Crippen LogP contribution in [0, 0.1) is 11.8 Å². The number of Topliss-reactive ketones (excluding diaryl/α,β-unsaturated/α-hetero) is 1. The lowest BCUT2D eigenvalue weighted by Crippen LogP contribution is -2.43. The van der Waals surface area contributed by atoms with Crippen molar-refractivity contribution in [3.05, 3.63) is 47.0 Å². The first-order valence-electron chi connectivity index (χ1n) is 7.96. The Morgan fingerprint density at radius 2 is 2.05 bits per heavy atom. The summed E-state index contributed by atoms with van der Waals surface area (Å²) in [5.74, 6) is 2.13. The third kappa shape index (κ3) is 1.47. The molecule has 3 aliphatic carbocycles. The Labute approximate surface area is 121 Å². The Hall–Kier alpha value is -1.37. The second-order valence-electron chi connectivity index (χ2n) is 7.16. The van der Waals surface area contributed by atoms with Gasteiger partial charge in [0.1, 0.15) is 5.78 Å². The van der Waals surface area contributed by atoms with Gasteiger partial charge in [-0.1, -0.05) is 44.2 Å². The van der Waals surface area contributed by atoms with Crippen LogP contribution < -0.4 is 0 Å². The highest BCUT2D eigenvalue weighted by Gasteiger charge is 2.55. The lowest BCUT2D eigenvalue weighted by Gasteiger charge is -2.40. The molecule has 2 bridgehead atoms. The van der Waals surface area contributed by atoms with Gasteiger partial charge in [0.15, 0.2) is 0 Å². The van der Waals surface area contributed by atoms with E-state index in [1.807, 2.05) is 0 Å². The molecule has 0 N–H and O–H groups in total. The maximum absolute atomic E-state index is 12.8. The maximum atomic E-state index is 12.8. The number of ketones is 1. The molecule has 1 saturated carbocycles. The molecule has 3 atom stereocenters. The zero-order chi connectivity index (χ0) is 13.9. The van der Waals surface area contributed by atoms with E-state index in [1.165, 1.54) is 23.1 Å². The van der Waals surface area contributed by atoms with Crippen molar-refractivity contribution in [2.75, 3.05) is 0 Å². The number of aryl methyl sites for hydroxylation is 1. The molecular weight excluding hydrogens is 244 g/mol. The molecule has 1 spiro atoms. The Morgan fingerprint density at radius 3 is 2.70 bits per heavy atom. The number of carbonyl (C=O) groups excluding carboxylic acids is 1. The van der Waals surface area contributed by atoms with Gasteiger partial charge < -0.3 is 0 Å². The van der Waals surface area contributed by atoms with Crippen LogP contribution in [0.4, 0.5) is 0 Å². The molecule has 0 saturated heterocycles. The van der Waals surface area contributed by atoms with Crippen LogP contribution in [0.3, 0.4) is 0 Å². The van der Waals surface area contributed by atoms with Gasteiger partial charge in [-0.05, 0) is 53.7 Å². The van der Waals surface area contributed by atoms with Gasteiger partial charge in [0.05, 0.1) is 5.41 Å². The summed E-state index contributed by atoms with van der Waals surface area (Å²) in [4.78, 5) is 12.8. The number of allylic oxidation sites excluding steroid dienone is 2. The molecule has 1 nitrogen and oxygen atoms in total. The fraction of sp³-hybridized carbons (Fsp3) is 0.526. The van der Waals surface area contributed by atoms with E-state index in [0.29, 0.717) is 23.5 Å². The summed E-state index contributed by atoms with van der Waals surface area (Å²) in [7, 11) is 0. The Kier molecular flexibility index (Phi) is 2.52. The molecule has 0 aliphatic heterocycles. The topological polar surface area (TPSA) is 17.1 Å². The van der Waals surface area contributed by atoms with Crippen LogP contribution >= 0.6 is 0 Å². The van der Waals surface area contributed by atoms with Crippen LogP contribution in [0.5, 0.6) is 0 Å². The number of hydrogen-bond acceptors (Lipinski definition) is 1. The van der Waals surface area contributed by atoms with E-state index in [-0.39, 0.29) is 5.41 Å². The van der Waals surface area contributed by atoms with Gasteiger partial charge in [-0.3, -0.25) is 4.79 Å². The molecule has 0 heterocycles. The first-order chi connectivity index (χ1) is 9.61. The predicted molar refractivity (Wildman–Crippen MR) is 80.9 cm³/mol. The van der Waals surface area contributed by atoms with Crippen molar-refractivity contribution in [1.29, 1.82) is 0 Å². The van der Waals surface area contributed by atoms with Crippen LogP contribution in [0.2, 0.25) is 0 Å². The lowest BCUT2D eigenvalue weighted by atomic mass is 9.62. The molecule has 1 aromatic rings. The predicted octanol–water partition coefficient (Wildman–Crippen LogP) is 4.16. The van der Waals surface area contributed by atoms with E-state index in [1.54, 1.807) is 0 Å². The SMILES string of the molecule is CC(C)c1ccc2c(c1)C1(CC3C=CC1C3)C(=O)CC2. The van der Waals surface area contributed by atoms with Crippen molar-refractivity contribution in [2.24, 2.45) is 11.8 Å². The van der Waals surface area contributed by atoms with Crippen molar-refractivity contribution < 1.29 is 4.79 Å². The van der Waals surface area contributed by atoms with E-state index in [0.717, 1.165) is 19.3 Å². The highest BCUT2D eigenvalue weighted by Crippen LogP contribution is 2.56. The monoisotopic (exact) mass is 266 g/mol. The maximum Gasteiger partial charge on any atom is 0.144 e. The minimum atomic E-state index is -0.169. The fourth-order valence-electron chi connectivity index (χ4n) is 4.69. The fourth-order valence-corrected chi connectivity index (χ4v) is 4.69. The Bertz CT molecular complexity index is 610. The van der Waals surface area contributed by atoms with Gasteiger partial charge >= 0.3 is 0 Å². The van der Waals surface area contributed by atoms with Crippen molar-refractivity contribution in [3.63, 3.8) is 0 Å². The summed E-state index contributed by atoms with van der Waals surface area (Å²) in [5.41, 5.74) is 4.01. The second-order valence-corrected chi connectivity index (χ2v) is 7.16. The minimum Gasteiger partial charge on any atom is -0.299 e. The summed E-state index contributed by atoms with van der Waals surface area (Å²) < 4.78 is 0.